The van der Waals surface area contributed by atoms with E-state index < -0.39 is 11.6 Å². The zero-order valence-electron chi connectivity index (χ0n) is 14.5. The molecule has 1 fully saturated rings. The van der Waals surface area contributed by atoms with E-state index in [0.29, 0.717) is 25.6 Å². The summed E-state index contributed by atoms with van der Waals surface area (Å²) in [5, 5.41) is 9.00. The van der Waals surface area contributed by atoms with Crippen LogP contribution in [-0.4, -0.2) is 64.8 Å². The zero-order valence-corrected chi connectivity index (χ0v) is 14.5. The molecular weight excluding hydrogens is 284 g/mol. The van der Waals surface area contributed by atoms with Gasteiger partial charge in [0.15, 0.2) is 0 Å². The molecule has 0 saturated carbocycles. The molecule has 1 atom stereocenters. The average Bonchev–Trinajstić information content (AvgIpc) is 2.35. The van der Waals surface area contributed by atoms with Crippen molar-refractivity contribution in [1.82, 2.24) is 9.80 Å². The van der Waals surface area contributed by atoms with Crippen LogP contribution in [0.15, 0.2) is 0 Å². The third kappa shape index (κ3) is 6.64. The lowest BCUT2D eigenvalue weighted by Crippen LogP contribution is -2.47. The summed E-state index contributed by atoms with van der Waals surface area (Å²) in [6.07, 6.45) is 1.68. The molecule has 0 aromatic heterocycles. The van der Waals surface area contributed by atoms with Gasteiger partial charge < -0.3 is 14.7 Å². The summed E-state index contributed by atoms with van der Waals surface area (Å²) in [5.74, 6) is -0.517. The number of aliphatic carboxylic acids is 1. The third-order valence-corrected chi connectivity index (χ3v) is 3.73. The predicted octanol–water partition coefficient (Wildman–Crippen LogP) is 2.43. The number of hydrogen-bond acceptors (Lipinski definition) is 4. The Morgan fingerprint density at radius 3 is 2.50 bits per heavy atom. The maximum atomic E-state index is 12.2. The van der Waals surface area contributed by atoms with Crippen molar-refractivity contribution in [2.24, 2.45) is 5.92 Å². The standard InChI is InChI=1S/C16H30N2O4/c1-12(2)18(11-14(19)20)10-13-7-6-8-17(9-13)15(21)22-16(3,4)5/h12-13H,6-11H2,1-5H3,(H,19,20)/t13-/m1/s1. The van der Waals surface area contributed by atoms with E-state index >= 15 is 0 Å². The average molecular weight is 314 g/mol. The Hall–Kier alpha value is -1.30. The lowest BCUT2D eigenvalue weighted by Gasteiger charge is -2.37. The number of likely N-dealkylation sites (tertiary alicyclic amines) is 1. The first-order chi connectivity index (χ1) is 10.1. The molecule has 0 bridgehead atoms. The van der Waals surface area contributed by atoms with Crippen LogP contribution in [0.1, 0.15) is 47.5 Å². The molecule has 128 valence electrons. The highest BCUT2D eigenvalue weighted by Crippen LogP contribution is 2.21. The van der Waals surface area contributed by atoms with Crippen LogP contribution < -0.4 is 0 Å². The number of carboxylic acids is 1. The van der Waals surface area contributed by atoms with Gasteiger partial charge in [-0.05, 0) is 53.4 Å². The van der Waals surface area contributed by atoms with Crippen molar-refractivity contribution < 1.29 is 19.4 Å². The molecule has 1 rings (SSSR count). The molecule has 0 spiro atoms. The summed E-state index contributed by atoms with van der Waals surface area (Å²) in [5.41, 5.74) is -0.489. The summed E-state index contributed by atoms with van der Waals surface area (Å²) >= 11 is 0. The summed E-state index contributed by atoms with van der Waals surface area (Å²) in [6.45, 7) is 11.7. The van der Waals surface area contributed by atoms with E-state index in [9.17, 15) is 9.59 Å². The molecule has 1 aliphatic rings. The number of carboxylic acid groups (broad SMARTS) is 1. The van der Waals surface area contributed by atoms with Crippen LogP contribution in [0.2, 0.25) is 0 Å². The Kier molecular flexibility index (Phi) is 6.66. The highest BCUT2D eigenvalue weighted by molar-refractivity contribution is 5.69. The molecule has 0 aromatic rings. The normalized spacial score (nSPS) is 19.6. The van der Waals surface area contributed by atoms with Gasteiger partial charge in [-0.15, -0.1) is 0 Å². The summed E-state index contributed by atoms with van der Waals surface area (Å²) in [4.78, 5) is 26.8. The molecule has 0 unspecified atom stereocenters. The molecule has 0 radical (unpaired) electrons. The van der Waals surface area contributed by atoms with Crippen molar-refractivity contribution in [2.75, 3.05) is 26.2 Å². The number of nitrogens with zero attached hydrogens (tertiary/aromatic N) is 2. The number of hydrogen-bond donors (Lipinski definition) is 1. The fourth-order valence-electron chi connectivity index (χ4n) is 2.67. The molecule has 0 aliphatic carbocycles. The third-order valence-electron chi connectivity index (χ3n) is 3.73. The van der Waals surface area contributed by atoms with Crippen LogP contribution >= 0.6 is 0 Å². The maximum absolute atomic E-state index is 12.2. The van der Waals surface area contributed by atoms with Crippen molar-refractivity contribution in [2.45, 2.75) is 59.1 Å². The number of piperidine rings is 1. The van der Waals surface area contributed by atoms with Crippen LogP contribution in [0.25, 0.3) is 0 Å². The van der Waals surface area contributed by atoms with Crippen LogP contribution in [0.3, 0.4) is 0 Å². The van der Waals surface area contributed by atoms with E-state index in [1.807, 2.05) is 39.5 Å². The molecule has 1 aliphatic heterocycles. The number of amides is 1. The minimum Gasteiger partial charge on any atom is -0.480 e. The second kappa shape index (κ2) is 7.81. The topological polar surface area (TPSA) is 70.1 Å². The van der Waals surface area contributed by atoms with E-state index in [1.54, 1.807) is 4.90 Å². The minimum atomic E-state index is -0.812. The van der Waals surface area contributed by atoms with Crippen LogP contribution in [0, 0.1) is 5.92 Å². The van der Waals surface area contributed by atoms with Gasteiger partial charge in [-0.2, -0.15) is 0 Å². The van der Waals surface area contributed by atoms with E-state index in [2.05, 4.69) is 0 Å². The van der Waals surface area contributed by atoms with E-state index in [1.165, 1.54) is 0 Å². The van der Waals surface area contributed by atoms with Crippen molar-refractivity contribution in [3.05, 3.63) is 0 Å². The van der Waals surface area contributed by atoms with Gasteiger partial charge in [0, 0.05) is 25.7 Å². The Balaban J connectivity index is 2.58. The van der Waals surface area contributed by atoms with Crippen molar-refractivity contribution in [1.29, 1.82) is 0 Å². The quantitative estimate of drug-likeness (QED) is 0.844. The van der Waals surface area contributed by atoms with E-state index in [-0.39, 0.29) is 18.7 Å². The summed E-state index contributed by atoms with van der Waals surface area (Å²) in [7, 11) is 0. The predicted molar refractivity (Wildman–Crippen MR) is 84.9 cm³/mol. The Morgan fingerprint density at radius 1 is 1.36 bits per heavy atom. The lowest BCUT2D eigenvalue weighted by molar-refractivity contribution is -0.139. The van der Waals surface area contributed by atoms with E-state index in [0.717, 1.165) is 12.8 Å². The van der Waals surface area contributed by atoms with Crippen LogP contribution in [-0.2, 0) is 9.53 Å². The SMILES string of the molecule is CC(C)N(CC(=O)O)C[C@@H]1CCCN(C(=O)OC(C)(C)C)C1. The first kappa shape index (κ1) is 18.7. The highest BCUT2D eigenvalue weighted by atomic mass is 16.6. The van der Waals surface area contributed by atoms with Gasteiger partial charge in [-0.25, -0.2) is 4.79 Å². The molecule has 1 amide bonds. The number of carbonyl (C=O) groups excluding carboxylic acids is 1. The largest absolute Gasteiger partial charge is 0.480 e. The first-order valence-corrected chi connectivity index (χ1v) is 8.02. The number of rotatable bonds is 5. The van der Waals surface area contributed by atoms with Gasteiger partial charge in [0.1, 0.15) is 5.60 Å². The molecule has 0 aromatic carbocycles. The highest BCUT2D eigenvalue weighted by Gasteiger charge is 2.29. The smallest absolute Gasteiger partial charge is 0.410 e. The number of carbonyl (C=O) groups is 2. The fourth-order valence-corrected chi connectivity index (χ4v) is 2.67. The first-order valence-electron chi connectivity index (χ1n) is 8.02. The molecule has 1 heterocycles. The van der Waals surface area contributed by atoms with Crippen molar-refractivity contribution in [3.8, 4) is 0 Å². The maximum Gasteiger partial charge on any atom is 0.410 e. The molecule has 22 heavy (non-hydrogen) atoms. The second-order valence-corrected chi connectivity index (χ2v) is 7.35. The van der Waals surface area contributed by atoms with Gasteiger partial charge in [0.2, 0.25) is 0 Å². The molecule has 6 heteroatoms. The van der Waals surface area contributed by atoms with Crippen molar-refractivity contribution in [3.63, 3.8) is 0 Å². The summed E-state index contributed by atoms with van der Waals surface area (Å²) in [6, 6.07) is 0.174. The second-order valence-electron chi connectivity index (χ2n) is 7.35. The molecule has 6 nitrogen and oxygen atoms in total. The van der Waals surface area contributed by atoms with Crippen molar-refractivity contribution >= 4 is 12.1 Å². The Morgan fingerprint density at radius 2 is 2.00 bits per heavy atom. The van der Waals surface area contributed by atoms with E-state index in [4.69, 9.17) is 9.84 Å². The molecule has 1 saturated heterocycles. The molecular formula is C16H30N2O4. The Labute approximate surface area is 133 Å². The van der Waals surface area contributed by atoms with Gasteiger partial charge in [0.25, 0.3) is 0 Å². The minimum absolute atomic E-state index is 0.0423. The summed E-state index contributed by atoms with van der Waals surface area (Å²) < 4.78 is 5.42. The van der Waals surface area contributed by atoms with Gasteiger partial charge in [-0.3, -0.25) is 9.69 Å². The van der Waals surface area contributed by atoms with Crippen LogP contribution in [0.4, 0.5) is 4.79 Å². The zero-order chi connectivity index (χ0) is 16.9. The lowest BCUT2D eigenvalue weighted by atomic mass is 9.97. The van der Waals surface area contributed by atoms with Crippen LogP contribution in [0.5, 0.6) is 0 Å². The Bertz CT molecular complexity index is 390. The van der Waals surface area contributed by atoms with Gasteiger partial charge in [-0.1, -0.05) is 0 Å². The van der Waals surface area contributed by atoms with Gasteiger partial charge >= 0.3 is 12.1 Å². The number of ether oxygens (including phenoxy) is 1. The van der Waals surface area contributed by atoms with Gasteiger partial charge in [0.05, 0.1) is 6.54 Å². The fraction of sp³-hybridized carbons (Fsp3) is 0.875. The molecule has 1 N–H and O–H groups in total. The monoisotopic (exact) mass is 314 g/mol.